The van der Waals surface area contributed by atoms with Gasteiger partial charge in [0.25, 0.3) is 0 Å². The Kier molecular flexibility index (Phi) is 6.43. The lowest BCUT2D eigenvalue weighted by Gasteiger charge is -2.14. The third-order valence-electron chi connectivity index (χ3n) is 4.63. The summed E-state index contributed by atoms with van der Waals surface area (Å²) in [6.45, 7) is 3.74. The number of hydrogen-bond donors (Lipinski definition) is 1. The summed E-state index contributed by atoms with van der Waals surface area (Å²) < 4.78 is 5.03. The minimum atomic E-state index is -0.369. The largest absolute Gasteiger partial charge is 0.360 e. The molecule has 1 amide bonds. The number of thioether (sulfide) groups is 1. The van der Waals surface area contributed by atoms with Crippen molar-refractivity contribution >= 4 is 23.5 Å². The number of anilines is 1. The zero-order valence-electron chi connectivity index (χ0n) is 17.3. The number of nitrogens with zero attached hydrogens (tertiary/aromatic N) is 3. The summed E-state index contributed by atoms with van der Waals surface area (Å²) >= 11 is 1.35. The van der Waals surface area contributed by atoms with Crippen LogP contribution in [0.3, 0.4) is 0 Å². The van der Waals surface area contributed by atoms with Crippen LogP contribution < -0.4 is 5.32 Å². The van der Waals surface area contributed by atoms with Crippen LogP contribution in [-0.4, -0.2) is 26.3 Å². The third-order valence-corrected chi connectivity index (χ3v) is 5.86. The van der Waals surface area contributed by atoms with Gasteiger partial charge in [-0.3, -0.25) is 4.79 Å². The van der Waals surface area contributed by atoms with Gasteiger partial charge >= 0.3 is 0 Å². The zero-order valence-corrected chi connectivity index (χ0v) is 18.1. The molecule has 0 aliphatic rings. The van der Waals surface area contributed by atoms with Gasteiger partial charge in [-0.05, 0) is 19.4 Å². The second-order valence-electron chi connectivity index (χ2n) is 6.98. The van der Waals surface area contributed by atoms with Crippen LogP contribution in [0.15, 0.2) is 82.5 Å². The lowest BCUT2D eigenvalue weighted by molar-refractivity contribution is -0.115. The predicted molar refractivity (Wildman–Crippen MR) is 123 cm³/mol. The second-order valence-corrected chi connectivity index (χ2v) is 8.15. The summed E-state index contributed by atoms with van der Waals surface area (Å²) in [4.78, 5) is 22.3. The molecule has 0 saturated heterocycles. The first-order chi connectivity index (χ1) is 15.1. The molecule has 0 fully saturated rings. The van der Waals surface area contributed by atoms with Gasteiger partial charge in [-0.1, -0.05) is 84.5 Å². The van der Waals surface area contributed by atoms with E-state index in [0.717, 1.165) is 22.5 Å². The van der Waals surface area contributed by atoms with Gasteiger partial charge in [0.1, 0.15) is 5.76 Å². The molecule has 1 atom stereocenters. The van der Waals surface area contributed by atoms with Crippen molar-refractivity contribution in [2.75, 3.05) is 5.32 Å². The molecule has 2 heterocycles. The summed E-state index contributed by atoms with van der Waals surface area (Å²) in [7, 11) is 0. The molecule has 31 heavy (non-hydrogen) atoms. The first-order valence-electron chi connectivity index (χ1n) is 10.0. The fraction of sp³-hybridized carbons (Fsp3) is 0.167. The standard InChI is InChI=1S/C24H22N4O2S/c1-3-21(23(29)27-22-14-16(2)30-28-22)31-24-25-19(17-10-6-4-7-11-17)15-20(26-24)18-12-8-5-9-13-18/h4-15,21H,3H2,1-2H3,(H,27,28,29)/t21-/m1/s1. The van der Waals surface area contributed by atoms with E-state index in [9.17, 15) is 4.79 Å². The molecule has 0 spiro atoms. The van der Waals surface area contributed by atoms with Crippen molar-refractivity contribution in [2.45, 2.75) is 30.7 Å². The Morgan fingerprint density at radius 1 is 0.968 bits per heavy atom. The number of carbonyl (C=O) groups is 1. The lowest BCUT2D eigenvalue weighted by atomic mass is 10.1. The smallest absolute Gasteiger partial charge is 0.239 e. The molecule has 0 bridgehead atoms. The summed E-state index contributed by atoms with van der Waals surface area (Å²) in [6, 6.07) is 23.6. The molecule has 4 rings (SSSR count). The van der Waals surface area contributed by atoms with Crippen molar-refractivity contribution < 1.29 is 9.32 Å². The number of rotatable bonds is 7. The molecule has 0 aliphatic carbocycles. The molecule has 4 aromatic rings. The number of aromatic nitrogens is 3. The zero-order chi connectivity index (χ0) is 21.6. The highest BCUT2D eigenvalue weighted by atomic mass is 32.2. The van der Waals surface area contributed by atoms with Gasteiger partial charge in [0, 0.05) is 17.2 Å². The van der Waals surface area contributed by atoms with Crippen LogP contribution in [0.4, 0.5) is 5.82 Å². The number of nitrogens with one attached hydrogen (secondary N) is 1. The Morgan fingerprint density at radius 3 is 2.03 bits per heavy atom. The van der Waals surface area contributed by atoms with Crippen LogP contribution in [0.2, 0.25) is 0 Å². The van der Waals surface area contributed by atoms with Crippen LogP contribution in [0, 0.1) is 6.92 Å². The summed E-state index contributed by atoms with van der Waals surface area (Å²) in [5.74, 6) is 0.892. The van der Waals surface area contributed by atoms with Crippen molar-refractivity contribution in [2.24, 2.45) is 0 Å². The van der Waals surface area contributed by atoms with E-state index in [4.69, 9.17) is 14.5 Å². The molecular weight excluding hydrogens is 408 g/mol. The fourth-order valence-electron chi connectivity index (χ4n) is 3.07. The van der Waals surface area contributed by atoms with Gasteiger partial charge in [-0.2, -0.15) is 0 Å². The average molecular weight is 431 g/mol. The highest BCUT2D eigenvalue weighted by Crippen LogP contribution is 2.30. The Labute approximate surface area is 185 Å². The number of hydrogen-bond acceptors (Lipinski definition) is 6. The van der Waals surface area contributed by atoms with Crippen LogP contribution in [0.25, 0.3) is 22.5 Å². The highest BCUT2D eigenvalue weighted by Gasteiger charge is 2.21. The van der Waals surface area contributed by atoms with Crippen LogP contribution >= 0.6 is 11.8 Å². The van der Waals surface area contributed by atoms with E-state index in [1.807, 2.05) is 73.7 Å². The monoisotopic (exact) mass is 430 g/mol. The molecule has 2 aromatic heterocycles. The van der Waals surface area contributed by atoms with Gasteiger partial charge in [0.15, 0.2) is 11.0 Å². The van der Waals surface area contributed by atoms with Crippen molar-refractivity contribution in [1.82, 2.24) is 15.1 Å². The molecule has 2 aromatic carbocycles. The topological polar surface area (TPSA) is 80.9 Å². The quantitative estimate of drug-likeness (QED) is 0.303. The van der Waals surface area contributed by atoms with Crippen LogP contribution in [0.1, 0.15) is 19.1 Å². The van der Waals surface area contributed by atoms with Gasteiger partial charge in [0.2, 0.25) is 5.91 Å². The van der Waals surface area contributed by atoms with E-state index in [1.165, 1.54) is 11.8 Å². The van der Waals surface area contributed by atoms with Crippen molar-refractivity contribution in [1.29, 1.82) is 0 Å². The van der Waals surface area contributed by atoms with Crippen molar-refractivity contribution in [3.05, 3.63) is 78.6 Å². The molecule has 0 radical (unpaired) electrons. The SMILES string of the molecule is CC[C@@H](Sc1nc(-c2ccccc2)cc(-c2ccccc2)n1)C(=O)Nc1cc(C)on1. The minimum Gasteiger partial charge on any atom is -0.360 e. The first kappa shape index (κ1) is 20.8. The molecule has 156 valence electrons. The van der Waals surface area contributed by atoms with Gasteiger partial charge in [0.05, 0.1) is 16.6 Å². The molecule has 7 heteroatoms. The van der Waals surface area contributed by atoms with Gasteiger partial charge in [-0.15, -0.1) is 0 Å². The Bertz CT molecular complexity index is 1100. The molecule has 0 aliphatic heterocycles. The van der Waals surface area contributed by atoms with E-state index in [1.54, 1.807) is 13.0 Å². The first-order valence-corrected chi connectivity index (χ1v) is 10.9. The number of aryl methyl sites for hydroxylation is 1. The fourth-order valence-corrected chi connectivity index (χ4v) is 3.96. The minimum absolute atomic E-state index is 0.157. The molecule has 0 saturated carbocycles. The van der Waals surface area contributed by atoms with E-state index < -0.39 is 0 Å². The molecule has 6 nitrogen and oxygen atoms in total. The summed E-state index contributed by atoms with van der Waals surface area (Å²) in [6.07, 6.45) is 0.618. The molecule has 0 unspecified atom stereocenters. The molecule has 1 N–H and O–H groups in total. The van der Waals surface area contributed by atoms with E-state index in [-0.39, 0.29) is 11.2 Å². The van der Waals surface area contributed by atoms with Crippen LogP contribution in [0.5, 0.6) is 0 Å². The van der Waals surface area contributed by atoms with Crippen molar-refractivity contribution in [3.63, 3.8) is 0 Å². The maximum absolute atomic E-state index is 12.8. The van der Waals surface area contributed by atoms with E-state index in [2.05, 4.69) is 10.5 Å². The van der Waals surface area contributed by atoms with Crippen molar-refractivity contribution in [3.8, 4) is 22.5 Å². The Balaban J connectivity index is 1.65. The second kappa shape index (κ2) is 9.57. The Morgan fingerprint density at radius 2 is 1.55 bits per heavy atom. The number of carbonyl (C=O) groups excluding carboxylic acids is 1. The van der Waals surface area contributed by atoms with Gasteiger partial charge in [-0.25, -0.2) is 9.97 Å². The third kappa shape index (κ3) is 5.19. The number of amides is 1. The maximum Gasteiger partial charge on any atom is 0.239 e. The predicted octanol–water partition coefficient (Wildman–Crippen LogP) is 5.62. The normalized spacial score (nSPS) is 11.8. The maximum atomic E-state index is 12.8. The summed E-state index contributed by atoms with van der Waals surface area (Å²) in [5.41, 5.74) is 3.64. The lowest BCUT2D eigenvalue weighted by Crippen LogP contribution is -2.25. The number of benzene rings is 2. The Hall–Kier alpha value is -3.45. The highest BCUT2D eigenvalue weighted by molar-refractivity contribution is 8.00. The van der Waals surface area contributed by atoms with E-state index >= 15 is 0 Å². The van der Waals surface area contributed by atoms with Crippen LogP contribution in [-0.2, 0) is 4.79 Å². The van der Waals surface area contributed by atoms with E-state index in [0.29, 0.717) is 23.2 Å². The average Bonchev–Trinajstić information content (AvgIpc) is 3.22. The summed E-state index contributed by atoms with van der Waals surface area (Å²) in [5, 5.41) is 6.83. The molecular formula is C24H22N4O2S. The van der Waals surface area contributed by atoms with Gasteiger partial charge < -0.3 is 9.84 Å².